The van der Waals surface area contributed by atoms with Crippen LogP contribution in [0.2, 0.25) is 0 Å². The predicted octanol–water partition coefficient (Wildman–Crippen LogP) is 3.44. The normalized spacial score (nSPS) is 10.7. The summed E-state index contributed by atoms with van der Waals surface area (Å²) < 4.78 is 0. The molecule has 1 heterocycles. The Hall–Kier alpha value is -3.15. The van der Waals surface area contributed by atoms with Crippen molar-refractivity contribution in [2.75, 3.05) is 0 Å². The molecule has 0 bridgehead atoms. The smallest absolute Gasteiger partial charge is 0.337 e. The van der Waals surface area contributed by atoms with Gasteiger partial charge < -0.3 is 10.1 Å². The minimum Gasteiger partial charge on any atom is -0.478 e. The lowest BCUT2D eigenvalue weighted by Gasteiger charge is -1.98. The highest BCUT2D eigenvalue weighted by atomic mass is 16.6. The molecule has 21 heavy (non-hydrogen) atoms. The van der Waals surface area contributed by atoms with Crippen molar-refractivity contribution in [2.24, 2.45) is 0 Å². The molecule has 0 spiro atoms. The molecule has 0 aliphatic carbocycles. The number of nitro benzene ring substituents is 1. The van der Waals surface area contributed by atoms with Crippen molar-refractivity contribution in [3.05, 3.63) is 64.2 Å². The number of aromatic carboxylic acids is 1. The van der Waals surface area contributed by atoms with Gasteiger partial charge >= 0.3 is 5.97 Å². The number of nitrogens with one attached hydrogen (secondary N) is 1. The SMILES string of the molecule is O=C(O)c1cccc2cc(-c3ccc([N+](=O)[O-])cc3)[nH]c12. The summed E-state index contributed by atoms with van der Waals surface area (Å²) in [6.07, 6.45) is 0. The maximum absolute atomic E-state index is 11.2. The van der Waals surface area contributed by atoms with Crippen molar-refractivity contribution in [2.45, 2.75) is 0 Å². The minimum absolute atomic E-state index is 0.0149. The van der Waals surface area contributed by atoms with E-state index in [2.05, 4.69) is 4.98 Å². The van der Waals surface area contributed by atoms with E-state index < -0.39 is 10.9 Å². The molecule has 0 saturated carbocycles. The highest BCUT2D eigenvalue weighted by Crippen LogP contribution is 2.27. The van der Waals surface area contributed by atoms with E-state index in [0.717, 1.165) is 10.9 Å². The number of H-pyrrole nitrogens is 1. The number of non-ortho nitro benzene ring substituents is 1. The molecule has 0 aliphatic rings. The molecule has 2 aromatic carbocycles. The summed E-state index contributed by atoms with van der Waals surface area (Å²) in [6.45, 7) is 0. The van der Waals surface area contributed by atoms with Crippen LogP contribution >= 0.6 is 0 Å². The maximum Gasteiger partial charge on any atom is 0.337 e. The van der Waals surface area contributed by atoms with Gasteiger partial charge in [-0.25, -0.2) is 4.79 Å². The Morgan fingerprint density at radius 3 is 2.48 bits per heavy atom. The van der Waals surface area contributed by atoms with Gasteiger partial charge in [0.1, 0.15) is 0 Å². The van der Waals surface area contributed by atoms with Gasteiger partial charge in [0.25, 0.3) is 5.69 Å². The molecule has 0 atom stereocenters. The summed E-state index contributed by atoms with van der Waals surface area (Å²) in [5.74, 6) is -1.00. The van der Waals surface area contributed by atoms with Gasteiger partial charge in [0.05, 0.1) is 16.0 Å². The molecule has 1 aromatic heterocycles. The van der Waals surface area contributed by atoms with Crippen LogP contribution in [0, 0.1) is 10.1 Å². The summed E-state index contributed by atoms with van der Waals surface area (Å²) in [6, 6.07) is 12.9. The van der Waals surface area contributed by atoms with Gasteiger partial charge in [0, 0.05) is 23.2 Å². The van der Waals surface area contributed by atoms with E-state index in [9.17, 15) is 14.9 Å². The second kappa shape index (κ2) is 4.75. The molecule has 6 heteroatoms. The van der Waals surface area contributed by atoms with Crippen molar-refractivity contribution >= 4 is 22.6 Å². The Morgan fingerprint density at radius 1 is 1.14 bits per heavy atom. The largest absolute Gasteiger partial charge is 0.478 e. The number of benzene rings is 2. The molecule has 0 amide bonds. The Morgan fingerprint density at radius 2 is 1.86 bits per heavy atom. The van der Waals surface area contributed by atoms with Crippen LogP contribution in [0.5, 0.6) is 0 Å². The number of nitro groups is 1. The van der Waals surface area contributed by atoms with Gasteiger partial charge in [0.2, 0.25) is 0 Å². The molecule has 2 N–H and O–H groups in total. The van der Waals surface area contributed by atoms with Crippen molar-refractivity contribution in [1.29, 1.82) is 0 Å². The number of carbonyl (C=O) groups is 1. The van der Waals surface area contributed by atoms with Gasteiger partial charge in [0.15, 0.2) is 0 Å². The first-order valence-corrected chi connectivity index (χ1v) is 6.16. The molecular weight excluding hydrogens is 272 g/mol. The number of carboxylic acid groups (broad SMARTS) is 1. The summed E-state index contributed by atoms with van der Waals surface area (Å²) in [7, 11) is 0. The highest BCUT2D eigenvalue weighted by Gasteiger charge is 2.12. The molecule has 0 fully saturated rings. The molecule has 0 radical (unpaired) electrons. The third-order valence-corrected chi connectivity index (χ3v) is 3.28. The van der Waals surface area contributed by atoms with E-state index in [-0.39, 0.29) is 11.3 Å². The van der Waals surface area contributed by atoms with Gasteiger partial charge in [-0.05, 0) is 29.8 Å². The zero-order valence-electron chi connectivity index (χ0n) is 10.7. The minimum atomic E-state index is -1.00. The van der Waals surface area contributed by atoms with E-state index in [1.54, 1.807) is 18.2 Å². The predicted molar refractivity (Wildman–Crippen MR) is 77.3 cm³/mol. The Labute approximate surface area is 118 Å². The first-order valence-electron chi connectivity index (χ1n) is 6.16. The second-order valence-electron chi connectivity index (χ2n) is 4.56. The van der Waals surface area contributed by atoms with E-state index in [0.29, 0.717) is 11.2 Å². The Kier molecular flexibility index (Phi) is 2.91. The van der Waals surface area contributed by atoms with Crippen molar-refractivity contribution < 1.29 is 14.8 Å². The fourth-order valence-corrected chi connectivity index (χ4v) is 2.25. The molecule has 0 aliphatic heterocycles. The van der Waals surface area contributed by atoms with Gasteiger partial charge in [-0.2, -0.15) is 0 Å². The number of aromatic nitrogens is 1. The van der Waals surface area contributed by atoms with E-state index in [1.807, 2.05) is 12.1 Å². The number of rotatable bonds is 3. The van der Waals surface area contributed by atoms with Crippen molar-refractivity contribution in [3.8, 4) is 11.3 Å². The summed E-state index contributed by atoms with van der Waals surface area (Å²) in [5.41, 5.74) is 2.22. The van der Waals surface area contributed by atoms with Crippen LogP contribution in [-0.4, -0.2) is 21.0 Å². The van der Waals surface area contributed by atoms with Gasteiger partial charge in [-0.15, -0.1) is 0 Å². The molecule has 0 unspecified atom stereocenters. The topological polar surface area (TPSA) is 96.2 Å². The van der Waals surface area contributed by atoms with E-state index in [4.69, 9.17) is 5.11 Å². The average molecular weight is 282 g/mol. The zero-order chi connectivity index (χ0) is 15.0. The fraction of sp³-hybridized carbons (Fsp3) is 0. The number of aromatic amines is 1. The van der Waals surface area contributed by atoms with Crippen LogP contribution < -0.4 is 0 Å². The van der Waals surface area contributed by atoms with Crippen LogP contribution in [0.4, 0.5) is 5.69 Å². The number of nitrogens with zero attached hydrogens (tertiary/aromatic N) is 1. The second-order valence-corrected chi connectivity index (χ2v) is 4.56. The number of fused-ring (bicyclic) bond motifs is 1. The molecule has 6 nitrogen and oxygen atoms in total. The highest BCUT2D eigenvalue weighted by molar-refractivity contribution is 6.03. The molecule has 0 saturated heterocycles. The number of hydrogen-bond donors (Lipinski definition) is 2. The summed E-state index contributed by atoms with van der Waals surface area (Å²) in [4.78, 5) is 24.4. The third kappa shape index (κ3) is 2.23. The lowest BCUT2D eigenvalue weighted by molar-refractivity contribution is -0.384. The van der Waals surface area contributed by atoms with E-state index in [1.165, 1.54) is 18.2 Å². The van der Waals surface area contributed by atoms with Crippen LogP contribution in [-0.2, 0) is 0 Å². The zero-order valence-corrected chi connectivity index (χ0v) is 10.7. The monoisotopic (exact) mass is 282 g/mol. The van der Waals surface area contributed by atoms with Crippen LogP contribution in [0.25, 0.3) is 22.2 Å². The average Bonchev–Trinajstić information content (AvgIpc) is 2.90. The number of para-hydroxylation sites is 1. The standard InChI is InChI=1S/C15H10N2O4/c18-15(19)12-3-1-2-10-8-13(16-14(10)12)9-4-6-11(7-5-9)17(20)21/h1-8,16H,(H,18,19). The molecule has 3 rings (SSSR count). The lowest BCUT2D eigenvalue weighted by atomic mass is 10.1. The summed E-state index contributed by atoms with van der Waals surface area (Å²) in [5, 5.41) is 20.6. The first kappa shape index (κ1) is 12.9. The number of hydrogen-bond acceptors (Lipinski definition) is 3. The Bertz CT molecular complexity index is 850. The third-order valence-electron chi connectivity index (χ3n) is 3.28. The van der Waals surface area contributed by atoms with Crippen LogP contribution in [0.1, 0.15) is 10.4 Å². The van der Waals surface area contributed by atoms with Crippen molar-refractivity contribution in [3.63, 3.8) is 0 Å². The first-order chi connectivity index (χ1) is 10.1. The summed E-state index contributed by atoms with van der Waals surface area (Å²) >= 11 is 0. The number of carboxylic acids is 1. The lowest BCUT2D eigenvalue weighted by Crippen LogP contribution is -1.96. The maximum atomic E-state index is 11.2. The quantitative estimate of drug-likeness (QED) is 0.568. The fourth-order valence-electron chi connectivity index (χ4n) is 2.25. The van der Waals surface area contributed by atoms with Crippen molar-refractivity contribution in [1.82, 2.24) is 4.98 Å². The Balaban J connectivity index is 2.11. The van der Waals surface area contributed by atoms with Crippen LogP contribution in [0.15, 0.2) is 48.5 Å². The van der Waals surface area contributed by atoms with E-state index >= 15 is 0 Å². The molecule has 104 valence electrons. The molecular formula is C15H10N2O4. The van der Waals surface area contributed by atoms with Gasteiger partial charge in [-0.1, -0.05) is 12.1 Å². The van der Waals surface area contributed by atoms with Crippen LogP contribution in [0.3, 0.4) is 0 Å². The molecule has 3 aromatic rings. The van der Waals surface area contributed by atoms with Gasteiger partial charge in [-0.3, -0.25) is 10.1 Å².